The highest BCUT2D eigenvalue weighted by Gasteiger charge is 2.10. The molecule has 1 aromatic heterocycles. The largest absolute Gasteiger partial charge is 0.488 e. The lowest BCUT2D eigenvalue weighted by atomic mass is 10.2. The molecule has 0 aliphatic rings. The molecule has 0 aliphatic carbocycles. The summed E-state index contributed by atoms with van der Waals surface area (Å²) in [7, 11) is 0. The van der Waals surface area contributed by atoms with Gasteiger partial charge in [-0.1, -0.05) is 23.2 Å². The van der Waals surface area contributed by atoms with Gasteiger partial charge in [0.05, 0.1) is 12.6 Å². The van der Waals surface area contributed by atoms with E-state index in [1.165, 1.54) is 22.9 Å². The van der Waals surface area contributed by atoms with Crippen LogP contribution in [-0.2, 0) is 6.54 Å². The van der Waals surface area contributed by atoms with E-state index in [0.717, 1.165) is 0 Å². The van der Waals surface area contributed by atoms with Crippen LogP contribution in [0.15, 0.2) is 64.3 Å². The van der Waals surface area contributed by atoms with Gasteiger partial charge in [-0.05, 0) is 42.0 Å². The Morgan fingerprint density at radius 3 is 2.67 bits per heavy atom. The van der Waals surface area contributed by atoms with E-state index in [4.69, 9.17) is 37.9 Å². The standard InChI is InChI=1S/C21H15Cl2N3O4/c22-15-3-4-18(29-9-8-26-7-5-20(27)25-21(26)28)19(13-15)30-17-11-14(2-1-6-24)10-16(23)12-17/h1-5,7,10-13H,8-9H2,(H,25,27,28)/b2-1+. The second kappa shape index (κ2) is 9.83. The number of ether oxygens (including phenoxy) is 2. The summed E-state index contributed by atoms with van der Waals surface area (Å²) in [4.78, 5) is 25.1. The normalized spacial score (nSPS) is 10.7. The first-order valence-corrected chi connectivity index (χ1v) is 9.47. The topological polar surface area (TPSA) is 97.1 Å². The predicted octanol–water partition coefficient (Wildman–Crippen LogP) is 4.25. The minimum Gasteiger partial charge on any atom is -0.488 e. The molecule has 7 nitrogen and oxygen atoms in total. The maximum atomic E-state index is 11.7. The highest BCUT2D eigenvalue weighted by molar-refractivity contribution is 6.31. The molecule has 0 saturated heterocycles. The monoisotopic (exact) mass is 443 g/mol. The maximum absolute atomic E-state index is 11.7. The summed E-state index contributed by atoms with van der Waals surface area (Å²) in [5.41, 5.74) is -0.285. The van der Waals surface area contributed by atoms with Gasteiger partial charge in [0.15, 0.2) is 11.5 Å². The van der Waals surface area contributed by atoms with Gasteiger partial charge in [-0.25, -0.2) is 4.79 Å². The molecule has 0 bridgehead atoms. The third-order valence-corrected chi connectivity index (χ3v) is 4.32. The highest BCUT2D eigenvalue weighted by Crippen LogP contribution is 2.35. The summed E-state index contributed by atoms with van der Waals surface area (Å²) < 4.78 is 13.0. The van der Waals surface area contributed by atoms with Crippen LogP contribution in [0.5, 0.6) is 17.2 Å². The summed E-state index contributed by atoms with van der Waals surface area (Å²) in [5.74, 6) is 1.20. The van der Waals surface area contributed by atoms with Gasteiger partial charge < -0.3 is 9.47 Å². The van der Waals surface area contributed by atoms with Crippen molar-refractivity contribution >= 4 is 29.3 Å². The van der Waals surface area contributed by atoms with Gasteiger partial charge in [-0.3, -0.25) is 14.3 Å². The molecular formula is C21H15Cl2N3O4. The van der Waals surface area contributed by atoms with Crippen LogP contribution in [0.25, 0.3) is 6.08 Å². The van der Waals surface area contributed by atoms with Crippen molar-refractivity contribution in [1.82, 2.24) is 9.55 Å². The zero-order chi connectivity index (χ0) is 21.5. The fourth-order valence-electron chi connectivity index (χ4n) is 2.56. The van der Waals surface area contributed by atoms with Crippen molar-refractivity contribution in [2.45, 2.75) is 6.54 Å². The van der Waals surface area contributed by atoms with Crippen LogP contribution >= 0.6 is 23.2 Å². The van der Waals surface area contributed by atoms with Crippen LogP contribution in [0, 0.1) is 11.3 Å². The quantitative estimate of drug-likeness (QED) is 0.550. The van der Waals surface area contributed by atoms with E-state index in [-0.39, 0.29) is 13.2 Å². The number of nitrogens with one attached hydrogen (secondary N) is 1. The van der Waals surface area contributed by atoms with E-state index >= 15 is 0 Å². The van der Waals surface area contributed by atoms with Crippen LogP contribution in [0.2, 0.25) is 10.0 Å². The van der Waals surface area contributed by atoms with Crippen LogP contribution in [0.3, 0.4) is 0 Å². The SMILES string of the molecule is N#C/C=C/c1cc(Cl)cc(Oc2cc(Cl)ccc2OCCn2ccc(=O)[nH]c2=O)c1. The van der Waals surface area contributed by atoms with Gasteiger partial charge in [-0.15, -0.1) is 0 Å². The molecule has 30 heavy (non-hydrogen) atoms. The van der Waals surface area contributed by atoms with Crippen molar-refractivity contribution < 1.29 is 9.47 Å². The van der Waals surface area contributed by atoms with Crippen LogP contribution in [0.4, 0.5) is 0 Å². The summed E-state index contributed by atoms with van der Waals surface area (Å²) >= 11 is 12.2. The van der Waals surface area contributed by atoms with Crippen LogP contribution in [0.1, 0.15) is 5.56 Å². The zero-order valence-electron chi connectivity index (χ0n) is 15.5. The molecule has 0 unspecified atom stereocenters. The fraction of sp³-hybridized carbons (Fsp3) is 0.0952. The van der Waals surface area contributed by atoms with Crippen molar-refractivity contribution in [1.29, 1.82) is 5.26 Å². The molecular weight excluding hydrogens is 429 g/mol. The number of halogens is 2. The lowest BCUT2D eigenvalue weighted by Crippen LogP contribution is -2.30. The molecule has 152 valence electrons. The van der Waals surface area contributed by atoms with Gasteiger partial charge in [0.1, 0.15) is 12.4 Å². The number of hydrogen-bond acceptors (Lipinski definition) is 5. The molecule has 2 aromatic carbocycles. The summed E-state index contributed by atoms with van der Waals surface area (Å²) in [6.07, 6.45) is 4.34. The number of rotatable bonds is 7. The molecule has 3 rings (SSSR count). The Morgan fingerprint density at radius 2 is 1.90 bits per heavy atom. The molecule has 0 saturated carbocycles. The van der Waals surface area contributed by atoms with E-state index in [0.29, 0.717) is 32.9 Å². The number of nitrogens with zero attached hydrogens (tertiary/aromatic N) is 2. The molecule has 0 spiro atoms. The minimum absolute atomic E-state index is 0.148. The van der Waals surface area contributed by atoms with E-state index in [1.54, 1.807) is 42.5 Å². The van der Waals surface area contributed by atoms with Gasteiger partial charge in [0.25, 0.3) is 5.56 Å². The maximum Gasteiger partial charge on any atom is 0.328 e. The molecule has 0 amide bonds. The van der Waals surface area contributed by atoms with Gasteiger partial charge >= 0.3 is 5.69 Å². The first-order chi connectivity index (χ1) is 14.4. The van der Waals surface area contributed by atoms with Crippen molar-refractivity contribution in [2.75, 3.05) is 6.61 Å². The molecule has 0 radical (unpaired) electrons. The number of nitriles is 1. The Kier molecular flexibility index (Phi) is 6.96. The van der Waals surface area contributed by atoms with E-state index in [1.807, 2.05) is 6.07 Å². The predicted molar refractivity (Wildman–Crippen MR) is 114 cm³/mol. The lowest BCUT2D eigenvalue weighted by Gasteiger charge is -2.14. The molecule has 0 fully saturated rings. The summed E-state index contributed by atoms with van der Waals surface area (Å²) in [5, 5.41) is 9.58. The zero-order valence-corrected chi connectivity index (χ0v) is 17.0. The second-order valence-electron chi connectivity index (χ2n) is 6.03. The average Bonchev–Trinajstić information content (AvgIpc) is 2.69. The summed E-state index contributed by atoms with van der Waals surface area (Å²) in [6.45, 7) is 0.369. The van der Waals surface area contributed by atoms with Crippen molar-refractivity contribution in [3.63, 3.8) is 0 Å². The lowest BCUT2D eigenvalue weighted by molar-refractivity contribution is 0.283. The Hall–Kier alpha value is -3.47. The summed E-state index contributed by atoms with van der Waals surface area (Å²) in [6, 6.07) is 13.1. The first kappa shape index (κ1) is 21.2. The Bertz CT molecular complexity index is 1240. The number of H-pyrrole nitrogens is 1. The number of aromatic amines is 1. The molecule has 3 aromatic rings. The van der Waals surface area contributed by atoms with E-state index in [9.17, 15) is 9.59 Å². The first-order valence-electron chi connectivity index (χ1n) is 8.71. The van der Waals surface area contributed by atoms with E-state index in [2.05, 4.69) is 4.98 Å². The minimum atomic E-state index is -0.518. The van der Waals surface area contributed by atoms with E-state index < -0.39 is 11.2 Å². The fourth-order valence-corrected chi connectivity index (χ4v) is 2.95. The van der Waals surface area contributed by atoms with Gasteiger partial charge in [0, 0.05) is 34.5 Å². The molecule has 9 heteroatoms. The number of hydrogen-bond donors (Lipinski definition) is 1. The number of aromatic nitrogens is 2. The van der Waals surface area contributed by atoms with Gasteiger partial charge in [0.2, 0.25) is 0 Å². The Morgan fingerprint density at radius 1 is 1.07 bits per heavy atom. The second-order valence-corrected chi connectivity index (χ2v) is 6.90. The van der Waals surface area contributed by atoms with Crippen molar-refractivity contribution in [2.24, 2.45) is 0 Å². The highest BCUT2D eigenvalue weighted by atomic mass is 35.5. The number of benzene rings is 2. The Balaban J connectivity index is 1.78. The average molecular weight is 444 g/mol. The van der Waals surface area contributed by atoms with Crippen molar-refractivity contribution in [3.8, 4) is 23.3 Å². The number of allylic oxidation sites excluding steroid dienone is 1. The van der Waals surface area contributed by atoms with Crippen molar-refractivity contribution in [3.05, 3.63) is 91.2 Å². The third-order valence-electron chi connectivity index (χ3n) is 3.86. The molecule has 0 atom stereocenters. The molecule has 0 aliphatic heterocycles. The smallest absolute Gasteiger partial charge is 0.328 e. The van der Waals surface area contributed by atoms with Crippen LogP contribution < -0.4 is 20.7 Å². The van der Waals surface area contributed by atoms with Gasteiger partial charge in [-0.2, -0.15) is 5.26 Å². The van der Waals surface area contributed by atoms with Crippen LogP contribution in [-0.4, -0.2) is 16.2 Å². The Labute approximate surface area is 181 Å². The molecule has 1 N–H and O–H groups in total. The molecule has 1 heterocycles. The third kappa shape index (κ3) is 5.77.